The van der Waals surface area contributed by atoms with E-state index in [0.717, 1.165) is 31.1 Å². The van der Waals surface area contributed by atoms with Crippen molar-refractivity contribution >= 4 is 0 Å². The molecule has 2 aliphatic rings. The molecule has 18 heavy (non-hydrogen) atoms. The Bertz CT molecular complexity index is 410. The van der Waals surface area contributed by atoms with E-state index in [9.17, 15) is 0 Å². The molecule has 3 rings (SSSR count). The summed E-state index contributed by atoms with van der Waals surface area (Å²) in [6.07, 6.45) is 9.09. The minimum Gasteiger partial charge on any atom is -0.493 e. The fourth-order valence-electron chi connectivity index (χ4n) is 3.40. The van der Waals surface area contributed by atoms with Crippen molar-refractivity contribution in [3.05, 3.63) is 29.3 Å². The minimum atomic E-state index is 0.152. The SMILES string of the molecule is NC(CCC1CCCC1)c1cccc2c1OCC2. The van der Waals surface area contributed by atoms with Crippen LogP contribution in [-0.4, -0.2) is 6.61 Å². The summed E-state index contributed by atoms with van der Waals surface area (Å²) in [6, 6.07) is 6.58. The number of benzene rings is 1. The van der Waals surface area contributed by atoms with Crippen molar-refractivity contribution in [1.82, 2.24) is 0 Å². The van der Waals surface area contributed by atoms with Gasteiger partial charge in [-0.15, -0.1) is 0 Å². The van der Waals surface area contributed by atoms with E-state index in [1.165, 1.54) is 43.2 Å². The van der Waals surface area contributed by atoms with Crippen molar-refractivity contribution in [1.29, 1.82) is 0 Å². The first kappa shape index (κ1) is 12.0. The van der Waals surface area contributed by atoms with E-state index in [4.69, 9.17) is 10.5 Å². The van der Waals surface area contributed by atoms with Gasteiger partial charge >= 0.3 is 0 Å². The van der Waals surface area contributed by atoms with E-state index >= 15 is 0 Å². The summed E-state index contributed by atoms with van der Waals surface area (Å²) in [4.78, 5) is 0. The minimum absolute atomic E-state index is 0.152. The lowest BCUT2D eigenvalue weighted by Gasteiger charge is -2.17. The van der Waals surface area contributed by atoms with Crippen LogP contribution in [-0.2, 0) is 6.42 Å². The van der Waals surface area contributed by atoms with Crippen LogP contribution in [0.4, 0.5) is 0 Å². The molecular weight excluding hydrogens is 222 g/mol. The molecule has 0 amide bonds. The topological polar surface area (TPSA) is 35.2 Å². The van der Waals surface area contributed by atoms with Crippen molar-refractivity contribution in [2.45, 2.75) is 51.0 Å². The molecule has 2 N–H and O–H groups in total. The highest BCUT2D eigenvalue weighted by Crippen LogP contribution is 2.36. The maximum absolute atomic E-state index is 6.37. The van der Waals surface area contributed by atoms with Gasteiger partial charge in [-0.1, -0.05) is 43.9 Å². The number of ether oxygens (including phenoxy) is 1. The summed E-state index contributed by atoms with van der Waals surface area (Å²) in [5.74, 6) is 2.00. The Morgan fingerprint density at radius 3 is 2.94 bits per heavy atom. The Balaban J connectivity index is 1.65. The van der Waals surface area contributed by atoms with Crippen LogP contribution in [0.3, 0.4) is 0 Å². The van der Waals surface area contributed by atoms with E-state index in [1.54, 1.807) is 0 Å². The molecule has 2 nitrogen and oxygen atoms in total. The fourth-order valence-corrected chi connectivity index (χ4v) is 3.40. The normalized spacial score (nSPS) is 20.7. The number of hydrogen-bond acceptors (Lipinski definition) is 2. The van der Waals surface area contributed by atoms with Gasteiger partial charge in [-0.25, -0.2) is 0 Å². The number of fused-ring (bicyclic) bond motifs is 1. The molecule has 1 aromatic carbocycles. The van der Waals surface area contributed by atoms with E-state index in [0.29, 0.717) is 0 Å². The number of rotatable bonds is 4. The lowest BCUT2D eigenvalue weighted by Crippen LogP contribution is -2.12. The van der Waals surface area contributed by atoms with Gasteiger partial charge in [0.05, 0.1) is 6.61 Å². The zero-order chi connectivity index (χ0) is 12.4. The summed E-state index contributed by atoms with van der Waals surface area (Å²) in [6.45, 7) is 0.821. The number of para-hydroxylation sites is 1. The summed E-state index contributed by atoms with van der Waals surface area (Å²) < 4.78 is 5.74. The largest absolute Gasteiger partial charge is 0.493 e. The second-order valence-corrected chi connectivity index (χ2v) is 5.77. The molecule has 1 heterocycles. The fraction of sp³-hybridized carbons (Fsp3) is 0.625. The molecule has 1 fully saturated rings. The third kappa shape index (κ3) is 2.39. The monoisotopic (exact) mass is 245 g/mol. The van der Waals surface area contributed by atoms with Crippen molar-refractivity contribution in [3.63, 3.8) is 0 Å². The molecule has 2 heteroatoms. The van der Waals surface area contributed by atoms with Gasteiger partial charge in [0.25, 0.3) is 0 Å². The first-order chi connectivity index (χ1) is 8.84. The van der Waals surface area contributed by atoms with Gasteiger partial charge in [0, 0.05) is 18.0 Å². The highest BCUT2D eigenvalue weighted by atomic mass is 16.5. The van der Waals surface area contributed by atoms with Crippen LogP contribution in [0.5, 0.6) is 5.75 Å². The summed E-state index contributed by atoms with van der Waals surface area (Å²) in [5.41, 5.74) is 8.93. The van der Waals surface area contributed by atoms with Crippen molar-refractivity contribution in [2.24, 2.45) is 11.7 Å². The maximum Gasteiger partial charge on any atom is 0.127 e. The van der Waals surface area contributed by atoms with Gasteiger partial charge < -0.3 is 10.5 Å². The molecule has 0 bridgehead atoms. The van der Waals surface area contributed by atoms with Crippen molar-refractivity contribution in [2.75, 3.05) is 6.61 Å². The summed E-state index contributed by atoms with van der Waals surface area (Å²) in [5, 5.41) is 0. The van der Waals surface area contributed by atoms with Crippen LogP contribution in [0.15, 0.2) is 18.2 Å². The van der Waals surface area contributed by atoms with Gasteiger partial charge in [-0.3, -0.25) is 0 Å². The Morgan fingerprint density at radius 2 is 2.11 bits per heavy atom. The average molecular weight is 245 g/mol. The standard InChI is InChI=1S/C16H23NO/c17-15(9-8-12-4-1-2-5-12)14-7-3-6-13-10-11-18-16(13)14/h3,6-7,12,15H,1-2,4-5,8-11,17H2. The first-order valence-corrected chi connectivity index (χ1v) is 7.35. The average Bonchev–Trinajstić information content (AvgIpc) is 3.05. The van der Waals surface area contributed by atoms with E-state index in [2.05, 4.69) is 18.2 Å². The zero-order valence-electron chi connectivity index (χ0n) is 11.0. The van der Waals surface area contributed by atoms with Crippen molar-refractivity contribution < 1.29 is 4.74 Å². The molecule has 1 aliphatic heterocycles. The van der Waals surface area contributed by atoms with Gasteiger partial charge in [-0.2, -0.15) is 0 Å². The predicted molar refractivity (Wildman–Crippen MR) is 73.8 cm³/mol. The zero-order valence-corrected chi connectivity index (χ0v) is 11.0. The second kappa shape index (κ2) is 5.31. The van der Waals surface area contributed by atoms with Crippen LogP contribution in [0, 0.1) is 5.92 Å². The van der Waals surface area contributed by atoms with Gasteiger partial charge in [-0.05, 0) is 24.3 Å². The molecule has 1 unspecified atom stereocenters. The first-order valence-electron chi connectivity index (χ1n) is 7.35. The molecule has 98 valence electrons. The van der Waals surface area contributed by atoms with Gasteiger partial charge in [0.1, 0.15) is 5.75 Å². The van der Waals surface area contributed by atoms with E-state index < -0.39 is 0 Å². The van der Waals surface area contributed by atoms with Gasteiger partial charge in [0.2, 0.25) is 0 Å². The van der Waals surface area contributed by atoms with E-state index in [-0.39, 0.29) is 6.04 Å². The van der Waals surface area contributed by atoms with Gasteiger partial charge in [0.15, 0.2) is 0 Å². The highest BCUT2D eigenvalue weighted by molar-refractivity contribution is 5.45. The molecule has 1 aliphatic carbocycles. The van der Waals surface area contributed by atoms with E-state index in [1.807, 2.05) is 0 Å². The molecule has 0 spiro atoms. The Morgan fingerprint density at radius 1 is 1.28 bits per heavy atom. The predicted octanol–water partition coefficient (Wildman–Crippen LogP) is 3.59. The molecular formula is C16H23NO. The van der Waals surface area contributed by atoms with Crippen LogP contribution >= 0.6 is 0 Å². The lowest BCUT2D eigenvalue weighted by molar-refractivity contribution is 0.348. The summed E-state index contributed by atoms with van der Waals surface area (Å²) >= 11 is 0. The Hall–Kier alpha value is -1.02. The maximum atomic E-state index is 6.37. The molecule has 1 atom stereocenters. The third-order valence-corrected chi connectivity index (χ3v) is 4.50. The van der Waals surface area contributed by atoms with Crippen LogP contribution < -0.4 is 10.5 Å². The Kier molecular flexibility index (Phi) is 3.55. The molecule has 0 radical (unpaired) electrons. The molecule has 1 saturated carbocycles. The molecule has 0 aromatic heterocycles. The Labute approximate surface area is 110 Å². The smallest absolute Gasteiger partial charge is 0.127 e. The number of nitrogens with two attached hydrogens (primary N) is 1. The van der Waals surface area contributed by atoms with Crippen LogP contribution in [0.2, 0.25) is 0 Å². The van der Waals surface area contributed by atoms with Crippen molar-refractivity contribution in [3.8, 4) is 5.75 Å². The number of hydrogen-bond donors (Lipinski definition) is 1. The highest BCUT2D eigenvalue weighted by Gasteiger charge is 2.21. The third-order valence-electron chi connectivity index (χ3n) is 4.50. The van der Waals surface area contributed by atoms with Crippen LogP contribution in [0.1, 0.15) is 55.7 Å². The molecule has 0 saturated heterocycles. The quantitative estimate of drug-likeness (QED) is 0.879. The summed E-state index contributed by atoms with van der Waals surface area (Å²) in [7, 11) is 0. The molecule has 1 aromatic rings. The van der Waals surface area contributed by atoms with Crippen LogP contribution in [0.25, 0.3) is 0 Å². The second-order valence-electron chi connectivity index (χ2n) is 5.77. The lowest BCUT2D eigenvalue weighted by atomic mass is 9.94.